The third kappa shape index (κ3) is 4.58. The minimum absolute atomic E-state index is 0.166. The zero-order chi connectivity index (χ0) is 17.6. The molecule has 1 atom stereocenters. The monoisotopic (exact) mass is 360 g/mol. The van der Waals surface area contributed by atoms with E-state index in [0.717, 1.165) is 41.4 Å². The van der Waals surface area contributed by atoms with Gasteiger partial charge in [-0.3, -0.25) is 4.79 Å². The fraction of sp³-hybridized carbons (Fsp3) is 0.474. The number of carbonyl (C=O) groups is 1. The summed E-state index contributed by atoms with van der Waals surface area (Å²) in [7, 11) is 1.65. The van der Waals surface area contributed by atoms with E-state index >= 15 is 0 Å². The van der Waals surface area contributed by atoms with Crippen molar-refractivity contribution in [2.24, 2.45) is 5.92 Å². The highest BCUT2D eigenvalue weighted by atomic mass is 32.1. The summed E-state index contributed by atoms with van der Waals surface area (Å²) in [6.07, 6.45) is 3.14. The number of benzene rings is 1. The molecule has 3 rings (SSSR count). The van der Waals surface area contributed by atoms with Crippen LogP contribution in [-0.4, -0.2) is 47.7 Å². The van der Waals surface area contributed by atoms with Gasteiger partial charge in [-0.15, -0.1) is 11.3 Å². The molecule has 1 aliphatic rings. The highest BCUT2D eigenvalue weighted by Crippen LogP contribution is 2.25. The van der Waals surface area contributed by atoms with E-state index in [1.54, 1.807) is 18.4 Å². The van der Waals surface area contributed by atoms with Crippen LogP contribution in [0.3, 0.4) is 0 Å². The highest BCUT2D eigenvalue weighted by molar-refractivity contribution is 7.09. The summed E-state index contributed by atoms with van der Waals surface area (Å²) in [5.74, 6) is 1.23. The Labute approximate surface area is 152 Å². The van der Waals surface area contributed by atoms with Crippen molar-refractivity contribution < 1.29 is 14.6 Å². The Morgan fingerprint density at radius 3 is 2.92 bits per heavy atom. The van der Waals surface area contributed by atoms with Gasteiger partial charge in [0.2, 0.25) is 5.91 Å². The van der Waals surface area contributed by atoms with E-state index in [0.29, 0.717) is 19.4 Å². The van der Waals surface area contributed by atoms with Crippen molar-refractivity contribution >= 4 is 17.2 Å². The maximum atomic E-state index is 12.4. The van der Waals surface area contributed by atoms with Crippen LogP contribution in [0.15, 0.2) is 29.6 Å². The van der Waals surface area contributed by atoms with Gasteiger partial charge in [-0.2, -0.15) is 0 Å². The molecule has 1 aliphatic heterocycles. The Kier molecular flexibility index (Phi) is 6.04. The van der Waals surface area contributed by atoms with Crippen molar-refractivity contribution in [1.82, 2.24) is 9.88 Å². The number of aryl methyl sites for hydroxylation is 1. The second kappa shape index (κ2) is 8.45. The zero-order valence-electron chi connectivity index (χ0n) is 14.5. The summed E-state index contributed by atoms with van der Waals surface area (Å²) in [4.78, 5) is 18.9. The molecule has 1 unspecified atom stereocenters. The van der Waals surface area contributed by atoms with Crippen LogP contribution in [0.25, 0.3) is 11.3 Å². The lowest BCUT2D eigenvalue weighted by Gasteiger charge is -2.31. The highest BCUT2D eigenvalue weighted by Gasteiger charge is 2.23. The summed E-state index contributed by atoms with van der Waals surface area (Å²) in [6, 6.07) is 7.83. The van der Waals surface area contributed by atoms with Gasteiger partial charge in [0.05, 0.1) is 17.8 Å². The first-order valence-corrected chi connectivity index (χ1v) is 9.55. The Balaban J connectivity index is 1.55. The van der Waals surface area contributed by atoms with Gasteiger partial charge in [-0.1, -0.05) is 0 Å². The number of amides is 1. The first-order chi connectivity index (χ1) is 12.2. The number of rotatable bonds is 6. The number of likely N-dealkylation sites (tertiary alicyclic amines) is 1. The number of piperidine rings is 1. The minimum atomic E-state index is 0.166. The number of methoxy groups -OCH3 is 1. The van der Waals surface area contributed by atoms with Gasteiger partial charge in [0.25, 0.3) is 0 Å². The number of thiazole rings is 1. The molecular formula is C19H24N2O3S. The second-order valence-corrected chi connectivity index (χ2v) is 7.33. The predicted octanol–water partition coefficient (Wildman–Crippen LogP) is 2.98. The normalized spacial score (nSPS) is 17.5. The third-order valence-electron chi connectivity index (χ3n) is 4.62. The van der Waals surface area contributed by atoms with E-state index < -0.39 is 0 Å². The molecule has 2 heterocycles. The third-order valence-corrected chi connectivity index (χ3v) is 5.53. The van der Waals surface area contributed by atoms with Crippen LogP contribution < -0.4 is 4.74 Å². The molecule has 1 fully saturated rings. The predicted molar refractivity (Wildman–Crippen MR) is 98.8 cm³/mol. The van der Waals surface area contributed by atoms with Gasteiger partial charge in [-0.05, 0) is 43.0 Å². The fourth-order valence-corrected chi connectivity index (χ4v) is 3.94. The molecule has 0 spiro atoms. The van der Waals surface area contributed by atoms with E-state index in [2.05, 4.69) is 4.98 Å². The molecular weight excluding hydrogens is 336 g/mol. The molecule has 1 aromatic heterocycles. The first-order valence-electron chi connectivity index (χ1n) is 8.67. The topological polar surface area (TPSA) is 62.7 Å². The van der Waals surface area contributed by atoms with E-state index in [1.165, 1.54) is 0 Å². The summed E-state index contributed by atoms with van der Waals surface area (Å²) in [5.41, 5.74) is 1.99. The van der Waals surface area contributed by atoms with Gasteiger partial charge in [0.1, 0.15) is 5.75 Å². The molecule has 1 N–H and O–H groups in total. The van der Waals surface area contributed by atoms with Gasteiger partial charge in [0.15, 0.2) is 0 Å². The number of aliphatic hydroxyl groups excluding tert-OH is 1. The average molecular weight is 360 g/mol. The van der Waals surface area contributed by atoms with Crippen LogP contribution in [0, 0.1) is 5.92 Å². The summed E-state index contributed by atoms with van der Waals surface area (Å²) in [6.45, 7) is 1.66. The van der Waals surface area contributed by atoms with Crippen molar-refractivity contribution in [2.45, 2.75) is 25.7 Å². The summed E-state index contributed by atoms with van der Waals surface area (Å²) >= 11 is 1.59. The van der Waals surface area contributed by atoms with Crippen LogP contribution in [-0.2, 0) is 11.2 Å². The van der Waals surface area contributed by atoms with E-state index in [-0.39, 0.29) is 18.4 Å². The van der Waals surface area contributed by atoms with E-state index in [9.17, 15) is 9.90 Å². The van der Waals surface area contributed by atoms with Crippen LogP contribution >= 0.6 is 11.3 Å². The van der Waals surface area contributed by atoms with Gasteiger partial charge in [-0.25, -0.2) is 4.98 Å². The molecule has 134 valence electrons. The zero-order valence-corrected chi connectivity index (χ0v) is 15.3. The smallest absolute Gasteiger partial charge is 0.222 e. The van der Waals surface area contributed by atoms with Crippen molar-refractivity contribution in [3.63, 3.8) is 0 Å². The van der Waals surface area contributed by atoms with Gasteiger partial charge < -0.3 is 14.7 Å². The van der Waals surface area contributed by atoms with Gasteiger partial charge in [0, 0.05) is 43.5 Å². The molecule has 2 aromatic rings. The maximum absolute atomic E-state index is 12.4. The standard InChI is InChI=1S/C19H24N2O3S/c1-24-16-6-4-15(5-7-16)17-13-25-18(20-17)8-9-19(23)21-10-2-3-14(11-21)12-22/h4-7,13-14,22H,2-3,8-12H2,1H3. The molecule has 5 nitrogen and oxygen atoms in total. The van der Waals surface area contributed by atoms with Crippen molar-refractivity contribution in [3.05, 3.63) is 34.7 Å². The lowest BCUT2D eigenvalue weighted by Crippen LogP contribution is -2.41. The van der Waals surface area contributed by atoms with Crippen molar-refractivity contribution in [3.8, 4) is 17.0 Å². The van der Waals surface area contributed by atoms with Crippen LogP contribution in [0.2, 0.25) is 0 Å². The number of hydrogen-bond donors (Lipinski definition) is 1. The number of ether oxygens (including phenoxy) is 1. The molecule has 0 bridgehead atoms. The van der Waals surface area contributed by atoms with Crippen LogP contribution in [0.4, 0.5) is 0 Å². The minimum Gasteiger partial charge on any atom is -0.497 e. The molecule has 0 aliphatic carbocycles. The SMILES string of the molecule is COc1ccc(-c2csc(CCC(=O)N3CCCC(CO)C3)n2)cc1. The molecule has 1 saturated heterocycles. The molecule has 6 heteroatoms. The van der Waals surface area contributed by atoms with Crippen molar-refractivity contribution in [2.75, 3.05) is 26.8 Å². The summed E-state index contributed by atoms with van der Waals surface area (Å²) in [5, 5.41) is 12.3. The quantitative estimate of drug-likeness (QED) is 0.860. The van der Waals surface area contributed by atoms with Crippen LogP contribution in [0.5, 0.6) is 5.75 Å². The first kappa shape index (κ1) is 17.9. The molecule has 1 aromatic carbocycles. The molecule has 0 radical (unpaired) electrons. The number of aliphatic hydroxyl groups is 1. The fourth-order valence-electron chi connectivity index (χ4n) is 3.13. The molecule has 0 saturated carbocycles. The van der Waals surface area contributed by atoms with E-state index in [4.69, 9.17) is 4.74 Å². The second-order valence-electron chi connectivity index (χ2n) is 6.39. The molecule has 1 amide bonds. The number of hydrogen-bond acceptors (Lipinski definition) is 5. The van der Waals surface area contributed by atoms with E-state index in [1.807, 2.05) is 34.5 Å². The number of aromatic nitrogens is 1. The Morgan fingerprint density at radius 1 is 1.40 bits per heavy atom. The lowest BCUT2D eigenvalue weighted by molar-refractivity contribution is -0.133. The number of nitrogens with zero attached hydrogens (tertiary/aromatic N) is 2. The Hall–Kier alpha value is -1.92. The number of carbonyl (C=O) groups excluding carboxylic acids is 1. The Morgan fingerprint density at radius 2 is 2.20 bits per heavy atom. The lowest BCUT2D eigenvalue weighted by atomic mass is 9.99. The molecule has 25 heavy (non-hydrogen) atoms. The average Bonchev–Trinajstić information content (AvgIpc) is 3.15. The van der Waals surface area contributed by atoms with Crippen LogP contribution in [0.1, 0.15) is 24.3 Å². The largest absolute Gasteiger partial charge is 0.497 e. The maximum Gasteiger partial charge on any atom is 0.222 e. The van der Waals surface area contributed by atoms with Gasteiger partial charge >= 0.3 is 0 Å². The summed E-state index contributed by atoms with van der Waals surface area (Å²) < 4.78 is 5.17. The van der Waals surface area contributed by atoms with Crippen molar-refractivity contribution in [1.29, 1.82) is 0 Å². The Bertz CT molecular complexity index is 699.